The van der Waals surface area contributed by atoms with E-state index in [2.05, 4.69) is 25.5 Å². The molecule has 4 aromatic rings. The second kappa shape index (κ2) is 9.25. The molecular formula is C23H20FN5O3. The summed E-state index contributed by atoms with van der Waals surface area (Å²) in [4.78, 5) is 21.0. The van der Waals surface area contributed by atoms with Crippen molar-refractivity contribution in [3.05, 3.63) is 78.1 Å². The van der Waals surface area contributed by atoms with E-state index in [1.165, 1.54) is 18.5 Å². The van der Waals surface area contributed by atoms with Gasteiger partial charge in [-0.2, -0.15) is 5.10 Å². The Morgan fingerprint density at radius 2 is 1.81 bits per heavy atom. The molecule has 0 saturated carbocycles. The third kappa shape index (κ3) is 4.56. The van der Waals surface area contributed by atoms with E-state index in [0.29, 0.717) is 34.1 Å². The van der Waals surface area contributed by atoms with Gasteiger partial charge in [0.05, 0.1) is 37.8 Å². The summed E-state index contributed by atoms with van der Waals surface area (Å²) in [5.41, 5.74) is 3.54. The number of halogens is 1. The number of hydrogen-bond acceptors (Lipinski definition) is 6. The molecule has 0 radical (unpaired) electrons. The van der Waals surface area contributed by atoms with Gasteiger partial charge in [-0.3, -0.25) is 9.89 Å². The Morgan fingerprint density at radius 1 is 1.00 bits per heavy atom. The highest BCUT2D eigenvalue weighted by Crippen LogP contribution is 2.32. The maximum absolute atomic E-state index is 13.1. The first-order valence-corrected chi connectivity index (χ1v) is 9.70. The first-order chi connectivity index (χ1) is 15.6. The lowest BCUT2D eigenvalue weighted by molar-refractivity contribution is 0.0945. The van der Waals surface area contributed by atoms with Crippen LogP contribution in [0.4, 0.5) is 4.39 Å². The first-order valence-electron chi connectivity index (χ1n) is 9.70. The van der Waals surface area contributed by atoms with Crippen LogP contribution in [0.25, 0.3) is 22.5 Å². The third-order valence-electron chi connectivity index (χ3n) is 4.80. The molecule has 162 valence electrons. The van der Waals surface area contributed by atoms with E-state index in [4.69, 9.17) is 9.47 Å². The topological polar surface area (TPSA) is 102 Å². The minimum atomic E-state index is -0.340. The lowest BCUT2D eigenvalue weighted by Gasteiger charge is -2.08. The van der Waals surface area contributed by atoms with Crippen LogP contribution in [0, 0.1) is 5.82 Å². The van der Waals surface area contributed by atoms with Gasteiger partial charge in [-0.25, -0.2) is 14.4 Å². The minimum Gasteiger partial charge on any atom is -0.497 e. The second-order valence-corrected chi connectivity index (χ2v) is 6.82. The molecule has 4 rings (SSSR count). The summed E-state index contributed by atoms with van der Waals surface area (Å²) in [5.74, 6) is 0.599. The molecule has 0 aliphatic rings. The highest BCUT2D eigenvalue weighted by Gasteiger charge is 2.15. The van der Waals surface area contributed by atoms with Crippen LogP contribution in [-0.2, 0) is 6.54 Å². The van der Waals surface area contributed by atoms with Gasteiger partial charge in [0.25, 0.3) is 5.91 Å². The average molecular weight is 433 g/mol. The number of nitrogens with zero attached hydrogens (tertiary/aromatic N) is 3. The van der Waals surface area contributed by atoms with Crippen LogP contribution in [-0.4, -0.2) is 40.3 Å². The number of hydrogen-bond donors (Lipinski definition) is 2. The van der Waals surface area contributed by atoms with E-state index in [9.17, 15) is 9.18 Å². The van der Waals surface area contributed by atoms with E-state index in [1.54, 1.807) is 56.7 Å². The minimum absolute atomic E-state index is 0.187. The predicted molar refractivity (Wildman–Crippen MR) is 116 cm³/mol. The molecular weight excluding hydrogens is 413 g/mol. The highest BCUT2D eigenvalue weighted by molar-refractivity contribution is 5.93. The Hall–Kier alpha value is -4.27. The fourth-order valence-corrected chi connectivity index (χ4v) is 3.13. The van der Waals surface area contributed by atoms with Gasteiger partial charge >= 0.3 is 0 Å². The number of carbonyl (C=O) groups excluding carboxylic acids is 1. The zero-order valence-electron chi connectivity index (χ0n) is 17.4. The summed E-state index contributed by atoms with van der Waals surface area (Å²) in [6.07, 6.45) is 1.41. The predicted octanol–water partition coefficient (Wildman–Crippen LogP) is 3.62. The molecule has 0 spiro atoms. The Balaban J connectivity index is 1.47. The molecule has 0 atom stereocenters. The van der Waals surface area contributed by atoms with Crippen LogP contribution in [0.15, 0.2) is 60.9 Å². The smallest absolute Gasteiger partial charge is 0.269 e. The number of methoxy groups -OCH3 is 2. The fourth-order valence-electron chi connectivity index (χ4n) is 3.13. The van der Waals surface area contributed by atoms with Crippen molar-refractivity contribution in [3.63, 3.8) is 0 Å². The molecule has 2 aromatic heterocycles. The van der Waals surface area contributed by atoms with Crippen molar-refractivity contribution in [2.24, 2.45) is 0 Å². The van der Waals surface area contributed by atoms with E-state index in [1.807, 2.05) is 0 Å². The molecule has 0 unspecified atom stereocenters. The number of aromatic nitrogens is 4. The van der Waals surface area contributed by atoms with Gasteiger partial charge in [0, 0.05) is 11.1 Å². The van der Waals surface area contributed by atoms with Gasteiger partial charge < -0.3 is 14.8 Å². The normalized spacial score (nSPS) is 10.6. The molecule has 0 saturated heterocycles. The molecule has 2 aromatic carbocycles. The van der Waals surface area contributed by atoms with Gasteiger partial charge in [-0.15, -0.1) is 0 Å². The van der Waals surface area contributed by atoms with Crippen LogP contribution in [0.2, 0.25) is 0 Å². The Kier molecular flexibility index (Phi) is 6.07. The first kappa shape index (κ1) is 21.0. The maximum atomic E-state index is 13.1. The standard InChI is InChI=1S/C23H20FN5O3/c1-31-17-7-8-22(32-2)18(10-17)20-11-21(29-28-20)23(30)25-12-16-9-19(27-13-26-16)14-3-5-15(24)6-4-14/h3-11,13H,12H2,1-2H3,(H,25,30)(H,28,29). The van der Waals surface area contributed by atoms with Crippen LogP contribution >= 0.6 is 0 Å². The zero-order chi connectivity index (χ0) is 22.5. The van der Waals surface area contributed by atoms with Crippen LogP contribution in [0.5, 0.6) is 11.5 Å². The molecule has 32 heavy (non-hydrogen) atoms. The fraction of sp³-hybridized carbons (Fsp3) is 0.130. The number of carbonyl (C=O) groups is 1. The van der Waals surface area contributed by atoms with Crippen LogP contribution in [0.1, 0.15) is 16.2 Å². The quantitative estimate of drug-likeness (QED) is 0.462. The summed E-state index contributed by atoms with van der Waals surface area (Å²) < 4.78 is 23.8. The number of benzene rings is 2. The Labute approximate surface area is 183 Å². The van der Waals surface area contributed by atoms with Gasteiger partial charge in [-0.1, -0.05) is 0 Å². The zero-order valence-corrected chi connectivity index (χ0v) is 17.4. The number of aromatic amines is 1. The Morgan fingerprint density at radius 3 is 2.56 bits per heavy atom. The van der Waals surface area contributed by atoms with E-state index < -0.39 is 0 Å². The largest absolute Gasteiger partial charge is 0.497 e. The molecule has 1 amide bonds. The number of nitrogens with one attached hydrogen (secondary N) is 2. The maximum Gasteiger partial charge on any atom is 0.269 e. The van der Waals surface area contributed by atoms with Crippen molar-refractivity contribution < 1.29 is 18.7 Å². The van der Waals surface area contributed by atoms with Crippen molar-refractivity contribution in [2.45, 2.75) is 6.54 Å². The van der Waals surface area contributed by atoms with E-state index in [-0.39, 0.29) is 24.0 Å². The van der Waals surface area contributed by atoms with Crippen molar-refractivity contribution in [1.82, 2.24) is 25.5 Å². The lowest BCUT2D eigenvalue weighted by atomic mass is 10.1. The summed E-state index contributed by atoms with van der Waals surface area (Å²) in [6.45, 7) is 0.187. The number of amides is 1. The van der Waals surface area contributed by atoms with Crippen LogP contribution in [0.3, 0.4) is 0 Å². The number of H-pyrrole nitrogens is 1. The summed E-state index contributed by atoms with van der Waals surface area (Å²) in [5, 5.41) is 9.78. The van der Waals surface area contributed by atoms with E-state index in [0.717, 1.165) is 5.56 Å². The van der Waals surface area contributed by atoms with Gasteiger partial charge in [0.2, 0.25) is 0 Å². The molecule has 2 heterocycles. The third-order valence-corrected chi connectivity index (χ3v) is 4.80. The van der Waals surface area contributed by atoms with E-state index >= 15 is 0 Å². The second-order valence-electron chi connectivity index (χ2n) is 6.82. The molecule has 0 bridgehead atoms. The summed E-state index contributed by atoms with van der Waals surface area (Å²) in [7, 11) is 3.14. The lowest BCUT2D eigenvalue weighted by Crippen LogP contribution is -2.23. The van der Waals surface area contributed by atoms with Crippen molar-refractivity contribution >= 4 is 5.91 Å². The molecule has 0 aliphatic heterocycles. The van der Waals surface area contributed by atoms with Gasteiger partial charge in [-0.05, 0) is 54.6 Å². The van der Waals surface area contributed by atoms with Crippen molar-refractivity contribution in [2.75, 3.05) is 14.2 Å². The monoisotopic (exact) mass is 433 g/mol. The number of ether oxygens (including phenoxy) is 2. The Bertz CT molecular complexity index is 1240. The molecule has 9 heteroatoms. The SMILES string of the molecule is COc1ccc(OC)c(-c2cc(C(=O)NCc3cc(-c4ccc(F)cc4)ncn3)[nH]n2)c1. The molecule has 2 N–H and O–H groups in total. The number of rotatable bonds is 7. The van der Waals surface area contributed by atoms with Gasteiger partial charge in [0.1, 0.15) is 29.3 Å². The van der Waals surface area contributed by atoms with Gasteiger partial charge in [0.15, 0.2) is 0 Å². The molecule has 8 nitrogen and oxygen atoms in total. The average Bonchev–Trinajstić information content (AvgIpc) is 3.33. The summed E-state index contributed by atoms with van der Waals surface area (Å²) >= 11 is 0. The van der Waals surface area contributed by atoms with Crippen molar-refractivity contribution in [3.8, 4) is 34.0 Å². The molecule has 0 aliphatic carbocycles. The van der Waals surface area contributed by atoms with Crippen molar-refractivity contribution in [1.29, 1.82) is 0 Å². The summed E-state index contributed by atoms with van der Waals surface area (Å²) in [6, 6.07) is 14.7. The van der Waals surface area contributed by atoms with Crippen LogP contribution < -0.4 is 14.8 Å². The molecule has 0 fully saturated rings. The highest BCUT2D eigenvalue weighted by atomic mass is 19.1.